The fraction of sp³-hybridized carbons (Fsp3) is 0.391. The van der Waals surface area contributed by atoms with Crippen molar-refractivity contribution in [1.82, 2.24) is 10.2 Å². The maximum atomic E-state index is 14.2. The summed E-state index contributed by atoms with van der Waals surface area (Å²) < 4.78 is 14.2. The average Bonchev–Trinajstić information content (AvgIpc) is 2.66. The molecule has 4 nitrogen and oxygen atoms in total. The van der Waals surface area contributed by atoms with Crippen molar-refractivity contribution in [2.45, 2.75) is 57.1 Å². The van der Waals surface area contributed by atoms with Gasteiger partial charge in [-0.3, -0.25) is 9.59 Å². The quantitative estimate of drug-likeness (QED) is 0.638. The first-order valence-electron chi connectivity index (χ1n) is 9.70. The zero-order valence-corrected chi connectivity index (χ0v) is 18.3. The van der Waals surface area contributed by atoms with Gasteiger partial charge in [0.25, 0.3) is 0 Å². The van der Waals surface area contributed by atoms with E-state index >= 15 is 0 Å². The number of nitrogens with zero attached hydrogens (tertiary/aromatic N) is 1. The summed E-state index contributed by atoms with van der Waals surface area (Å²) in [5.74, 6) is -0.219. The zero-order valence-electron chi connectivity index (χ0n) is 17.4. The third-order valence-electron chi connectivity index (χ3n) is 4.29. The van der Waals surface area contributed by atoms with Gasteiger partial charge in [0.2, 0.25) is 11.8 Å². The maximum Gasteiger partial charge on any atom is 0.242 e. The van der Waals surface area contributed by atoms with Crippen molar-refractivity contribution in [3.63, 3.8) is 0 Å². The van der Waals surface area contributed by atoms with Gasteiger partial charge in [-0.25, -0.2) is 4.39 Å². The number of carbonyl (C=O) groups excluding carboxylic acids is 2. The Labute approximate surface area is 176 Å². The van der Waals surface area contributed by atoms with E-state index in [-0.39, 0.29) is 30.6 Å². The van der Waals surface area contributed by atoms with Gasteiger partial charge in [-0.15, -0.1) is 11.8 Å². The Bertz CT molecular complexity index is 821. The third-order valence-corrected chi connectivity index (χ3v) is 5.31. The predicted molar refractivity (Wildman–Crippen MR) is 116 cm³/mol. The molecular formula is C23H29FN2O2S. The number of carbonyl (C=O) groups is 2. The second kappa shape index (κ2) is 10.4. The van der Waals surface area contributed by atoms with Gasteiger partial charge < -0.3 is 10.2 Å². The van der Waals surface area contributed by atoms with E-state index in [4.69, 9.17) is 0 Å². The second-order valence-corrected chi connectivity index (χ2v) is 9.11. The average molecular weight is 417 g/mol. The van der Waals surface area contributed by atoms with Crippen molar-refractivity contribution < 1.29 is 14.0 Å². The lowest BCUT2D eigenvalue weighted by Crippen LogP contribution is -2.52. The highest BCUT2D eigenvalue weighted by atomic mass is 32.2. The lowest BCUT2D eigenvalue weighted by Gasteiger charge is -2.31. The summed E-state index contributed by atoms with van der Waals surface area (Å²) in [5, 5.41) is 2.90. The molecule has 0 heterocycles. The van der Waals surface area contributed by atoms with Crippen LogP contribution in [-0.2, 0) is 16.1 Å². The second-order valence-electron chi connectivity index (χ2n) is 7.94. The van der Waals surface area contributed by atoms with E-state index in [0.29, 0.717) is 11.3 Å². The Hall–Kier alpha value is -2.34. The van der Waals surface area contributed by atoms with E-state index in [0.717, 1.165) is 4.90 Å². The first-order valence-corrected chi connectivity index (χ1v) is 10.7. The first-order chi connectivity index (χ1) is 13.7. The van der Waals surface area contributed by atoms with Crippen LogP contribution in [0.15, 0.2) is 59.5 Å². The highest BCUT2D eigenvalue weighted by Gasteiger charge is 2.28. The van der Waals surface area contributed by atoms with Gasteiger partial charge in [-0.1, -0.05) is 36.4 Å². The normalized spacial score (nSPS) is 12.3. The van der Waals surface area contributed by atoms with Crippen LogP contribution in [-0.4, -0.2) is 34.0 Å². The smallest absolute Gasteiger partial charge is 0.242 e. The number of benzene rings is 2. The largest absolute Gasteiger partial charge is 0.350 e. The van der Waals surface area contributed by atoms with Gasteiger partial charge >= 0.3 is 0 Å². The van der Waals surface area contributed by atoms with Crippen molar-refractivity contribution in [3.05, 3.63) is 66.0 Å². The zero-order chi connectivity index (χ0) is 21.4. The van der Waals surface area contributed by atoms with Crippen molar-refractivity contribution >= 4 is 23.6 Å². The Kier molecular flexibility index (Phi) is 8.26. The third kappa shape index (κ3) is 7.54. The molecule has 1 atom stereocenters. The molecule has 6 heteroatoms. The molecule has 0 unspecified atom stereocenters. The Balaban J connectivity index is 2.11. The van der Waals surface area contributed by atoms with E-state index in [2.05, 4.69) is 5.32 Å². The summed E-state index contributed by atoms with van der Waals surface area (Å²) in [6, 6.07) is 15.5. The number of hydrogen-bond acceptors (Lipinski definition) is 3. The maximum absolute atomic E-state index is 14.2. The van der Waals surface area contributed by atoms with Crippen molar-refractivity contribution in [2.24, 2.45) is 0 Å². The van der Waals surface area contributed by atoms with Crippen LogP contribution in [0.4, 0.5) is 4.39 Å². The van der Waals surface area contributed by atoms with Crippen molar-refractivity contribution in [1.29, 1.82) is 0 Å². The standard InChI is InChI=1S/C23H29FN2O2S/c1-17(22(28)25-23(2,3)4)26(16-18-10-8-9-13-20(18)24)21(27)14-15-29-19-11-6-5-7-12-19/h5-13,17H,14-16H2,1-4H3,(H,25,28)/t17-/m1/s1. The van der Waals surface area contributed by atoms with Crippen LogP contribution >= 0.6 is 11.8 Å². The van der Waals surface area contributed by atoms with Crippen molar-refractivity contribution in [2.75, 3.05) is 5.75 Å². The summed E-state index contributed by atoms with van der Waals surface area (Å²) in [7, 11) is 0. The molecule has 156 valence electrons. The minimum absolute atomic E-state index is 0.0558. The number of hydrogen-bond donors (Lipinski definition) is 1. The molecule has 0 aliphatic carbocycles. The van der Waals surface area contributed by atoms with E-state index in [1.54, 1.807) is 36.9 Å². The molecule has 29 heavy (non-hydrogen) atoms. The first kappa shape index (κ1) is 22.9. The highest BCUT2D eigenvalue weighted by molar-refractivity contribution is 7.99. The lowest BCUT2D eigenvalue weighted by molar-refractivity contribution is -0.141. The van der Waals surface area contributed by atoms with E-state index in [1.165, 1.54) is 11.0 Å². The molecule has 2 amide bonds. The number of thioether (sulfide) groups is 1. The minimum atomic E-state index is -0.706. The van der Waals surface area contributed by atoms with E-state index in [1.807, 2.05) is 51.1 Å². The minimum Gasteiger partial charge on any atom is -0.350 e. The molecule has 0 bridgehead atoms. The summed E-state index contributed by atoms with van der Waals surface area (Å²) in [6.45, 7) is 7.40. The van der Waals surface area contributed by atoms with Crippen LogP contribution in [0.1, 0.15) is 39.7 Å². The fourth-order valence-electron chi connectivity index (χ4n) is 2.78. The molecule has 0 fully saturated rings. The van der Waals surface area contributed by atoms with Gasteiger partial charge in [0.1, 0.15) is 11.9 Å². The molecule has 1 N–H and O–H groups in total. The summed E-state index contributed by atoms with van der Waals surface area (Å²) in [6.07, 6.45) is 0.265. The van der Waals surface area contributed by atoms with Gasteiger partial charge in [0.15, 0.2) is 0 Å². The van der Waals surface area contributed by atoms with Gasteiger partial charge in [0.05, 0.1) is 0 Å². The molecule has 0 aromatic heterocycles. The molecule has 0 aliphatic rings. The van der Waals surface area contributed by atoms with Gasteiger partial charge in [-0.05, 0) is 45.9 Å². The lowest BCUT2D eigenvalue weighted by atomic mass is 10.1. The molecule has 0 aliphatic heterocycles. The molecule has 2 rings (SSSR count). The van der Waals surface area contributed by atoms with E-state index in [9.17, 15) is 14.0 Å². The number of amides is 2. The monoisotopic (exact) mass is 416 g/mol. The molecule has 2 aromatic carbocycles. The van der Waals surface area contributed by atoms with E-state index < -0.39 is 11.6 Å². The van der Waals surface area contributed by atoms with Crippen LogP contribution in [0.25, 0.3) is 0 Å². The SMILES string of the molecule is C[C@H](C(=O)NC(C)(C)C)N(Cc1ccccc1F)C(=O)CCSc1ccccc1. The summed E-state index contributed by atoms with van der Waals surface area (Å²) in [4.78, 5) is 28.2. The predicted octanol–water partition coefficient (Wildman–Crippen LogP) is 4.64. The molecule has 0 saturated carbocycles. The Morgan fingerprint density at radius 1 is 1.07 bits per heavy atom. The number of rotatable bonds is 8. The van der Waals surface area contributed by atoms with Crippen LogP contribution in [0.3, 0.4) is 0 Å². The van der Waals surface area contributed by atoms with Gasteiger partial charge in [0, 0.05) is 34.7 Å². The highest BCUT2D eigenvalue weighted by Crippen LogP contribution is 2.20. The summed E-state index contributed by atoms with van der Waals surface area (Å²) in [5.41, 5.74) is -0.0201. The fourth-order valence-corrected chi connectivity index (χ4v) is 3.65. The molecule has 0 saturated heterocycles. The van der Waals surface area contributed by atoms with Gasteiger partial charge in [-0.2, -0.15) is 0 Å². The van der Waals surface area contributed by atoms with Crippen molar-refractivity contribution in [3.8, 4) is 0 Å². The number of halogens is 1. The molecule has 0 spiro atoms. The molecular weight excluding hydrogens is 387 g/mol. The Morgan fingerprint density at radius 3 is 2.31 bits per heavy atom. The van der Waals surface area contributed by atoms with Crippen LogP contribution in [0, 0.1) is 5.82 Å². The summed E-state index contributed by atoms with van der Waals surface area (Å²) >= 11 is 1.58. The topological polar surface area (TPSA) is 49.4 Å². The Morgan fingerprint density at radius 2 is 1.69 bits per heavy atom. The van der Waals surface area contributed by atoms with Crippen LogP contribution in [0.2, 0.25) is 0 Å². The van der Waals surface area contributed by atoms with Crippen LogP contribution in [0.5, 0.6) is 0 Å². The molecule has 2 aromatic rings. The molecule has 0 radical (unpaired) electrons. The van der Waals surface area contributed by atoms with Crippen LogP contribution < -0.4 is 5.32 Å². The number of nitrogens with one attached hydrogen (secondary N) is 1.